The van der Waals surface area contributed by atoms with Gasteiger partial charge in [0.15, 0.2) is 0 Å². The van der Waals surface area contributed by atoms with Crippen molar-refractivity contribution >= 4 is 17.3 Å². The zero-order valence-corrected chi connectivity index (χ0v) is 11.9. The van der Waals surface area contributed by atoms with Gasteiger partial charge in [0.2, 0.25) is 0 Å². The number of hydrogen-bond donors (Lipinski definition) is 0. The van der Waals surface area contributed by atoms with Crippen LogP contribution < -0.4 is 0 Å². The molecule has 102 valence electrons. The fraction of sp³-hybridized carbons (Fsp3) is 0.462. The van der Waals surface area contributed by atoms with E-state index in [-0.39, 0.29) is 5.97 Å². The van der Waals surface area contributed by atoms with Crippen molar-refractivity contribution < 1.29 is 9.53 Å². The van der Waals surface area contributed by atoms with Crippen molar-refractivity contribution in [3.63, 3.8) is 0 Å². The molecule has 0 saturated carbocycles. The van der Waals surface area contributed by atoms with Crippen LogP contribution >= 0.6 is 11.3 Å². The molecule has 0 unspecified atom stereocenters. The first kappa shape index (κ1) is 13.7. The van der Waals surface area contributed by atoms with E-state index in [1.165, 1.54) is 11.3 Å². The molecule has 5 nitrogen and oxygen atoms in total. The highest BCUT2D eigenvalue weighted by Gasteiger charge is 2.06. The van der Waals surface area contributed by atoms with Crippen LogP contribution in [0, 0.1) is 13.8 Å². The quantitative estimate of drug-likeness (QED) is 0.760. The van der Waals surface area contributed by atoms with E-state index in [0.717, 1.165) is 17.1 Å². The Morgan fingerprint density at radius 2 is 2.32 bits per heavy atom. The van der Waals surface area contributed by atoms with Crippen LogP contribution in [0.3, 0.4) is 0 Å². The summed E-state index contributed by atoms with van der Waals surface area (Å²) in [6.07, 6.45) is 1.02. The maximum atomic E-state index is 11.5. The highest BCUT2D eigenvalue weighted by Crippen LogP contribution is 2.05. The van der Waals surface area contributed by atoms with Crippen molar-refractivity contribution in [2.75, 3.05) is 6.61 Å². The molecule has 2 heterocycles. The Bertz CT molecular complexity index is 534. The number of rotatable bonds is 6. The summed E-state index contributed by atoms with van der Waals surface area (Å²) < 4.78 is 7.03. The summed E-state index contributed by atoms with van der Waals surface area (Å²) >= 11 is 1.54. The molecule has 6 heteroatoms. The minimum Gasteiger partial charge on any atom is -0.464 e. The summed E-state index contributed by atoms with van der Waals surface area (Å²) in [6.45, 7) is 4.90. The zero-order valence-electron chi connectivity index (χ0n) is 11.1. The van der Waals surface area contributed by atoms with Crippen LogP contribution in [0.4, 0.5) is 0 Å². The second-order valence-electron chi connectivity index (χ2n) is 4.35. The van der Waals surface area contributed by atoms with E-state index in [4.69, 9.17) is 4.74 Å². The number of thiazole rings is 1. The number of ether oxygens (including phenoxy) is 1. The molecule has 0 radical (unpaired) electrons. The van der Waals surface area contributed by atoms with Crippen molar-refractivity contribution in [1.82, 2.24) is 14.8 Å². The fourth-order valence-electron chi connectivity index (χ4n) is 1.81. The Morgan fingerprint density at radius 3 is 2.95 bits per heavy atom. The first-order valence-corrected chi connectivity index (χ1v) is 7.13. The van der Waals surface area contributed by atoms with Gasteiger partial charge in [-0.3, -0.25) is 9.48 Å². The monoisotopic (exact) mass is 279 g/mol. The summed E-state index contributed by atoms with van der Waals surface area (Å²) in [7, 11) is 0. The summed E-state index contributed by atoms with van der Waals surface area (Å²) in [5.41, 5.74) is 4.77. The number of aryl methyl sites for hydroxylation is 3. The van der Waals surface area contributed by atoms with Crippen molar-refractivity contribution in [1.29, 1.82) is 0 Å². The molecule has 0 aliphatic carbocycles. The molecule has 2 aromatic rings. The second-order valence-corrected chi connectivity index (χ2v) is 5.07. The van der Waals surface area contributed by atoms with Crippen molar-refractivity contribution in [3.8, 4) is 0 Å². The Kier molecular flexibility index (Phi) is 4.68. The van der Waals surface area contributed by atoms with E-state index >= 15 is 0 Å². The lowest BCUT2D eigenvalue weighted by Crippen LogP contribution is -2.13. The fourth-order valence-corrected chi connectivity index (χ4v) is 2.40. The third-order valence-electron chi connectivity index (χ3n) is 2.74. The van der Waals surface area contributed by atoms with Crippen LogP contribution in [0.25, 0.3) is 0 Å². The maximum Gasteiger partial charge on any atom is 0.306 e. The molecular weight excluding hydrogens is 262 g/mol. The SMILES string of the molecule is Cc1cc(C)n(CCOC(=O)CCc2cscn2)n1. The highest BCUT2D eigenvalue weighted by atomic mass is 32.1. The average molecular weight is 279 g/mol. The molecule has 0 N–H and O–H groups in total. The molecular formula is C13H17N3O2S. The Hall–Kier alpha value is -1.69. The van der Waals surface area contributed by atoms with Crippen molar-refractivity contribution in [3.05, 3.63) is 34.0 Å². The lowest BCUT2D eigenvalue weighted by molar-refractivity contribution is -0.143. The largest absolute Gasteiger partial charge is 0.464 e. The lowest BCUT2D eigenvalue weighted by atomic mass is 10.2. The van der Waals surface area contributed by atoms with Gasteiger partial charge in [0.1, 0.15) is 6.61 Å². The van der Waals surface area contributed by atoms with Gasteiger partial charge in [0.25, 0.3) is 0 Å². The first-order valence-electron chi connectivity index (χ1n) is 6.19. The molecule has 0 aromatic carbocycles. The van der Waals surface area contributed by atoms with Gasteiger partial charge in [-0.2, -0.15) is 5.10 Å². The number of carbonyl (C=O) groups excluding carboxylic acids is 1. The van der Waals surface area contributed by atoms with Crippen molar-refractivity contribution in [2.24, 2.45) is 0 Å². The second kappa shape index (κ2) is 6.47. The Balaban J connectivity index is 1.68. The summed E-state index contributed by atoms with van der Waals surface area (Å²) in [6, 6.07) is 2.00. The number of aromatic nitrogens is 3. The topological polar surface area (TPSA) is 57.0 Å². The molecule has 0 fully saturated rings. The normalized spacial score (nSPS) is 10.6. The first-order chi connectivity index (χ1) is 9.15. The molecule has 0 bridgehead atoms. The smallest absolute Gasteiger partial charge is 0.306 e. The van der Waals surface area contributed by atoms with Gasteiger partial charge in [0, 0.05) is 17.5 Å². The molecule has 0 atom stereocenters. The number of carbonyl (C=O) groups is 1. The average Bonchev–Trinajstić information content (AvgIpc) is 2.97. The summed E-state index contributed by atoms with van der Waals surface area (Å²) in [4.78, 5) is 15.7. The van der Waals surface area contributed by atoms with Gasteiger partial charge in [-0.15, -0.1) is 11.3 Å². The number of hydrogen-bond acceptors (Lipinski definition) is 5. The predicted octanol–water partition coefficient (Wildman–Crippen LogP) is 2.13. The molecule has 19 heavy (non-hydrogen) atoms. The van der Waals surface area contributed by atoms with E-state index in [1.54, 1.807) is 5.51 Å². The molecule has 0 spiro atoms. The van der Waals surface area contributed by atoms with Crippen LogP contribution in [0.5, 0.6) is 0 Å². The van der Waals surface area contributed by atoms with Crippen LogP contribution in [0.2, 0.25) is 0 Å². The van der Waals surface area contributed by atoms with Gasteiger partial charge in [0.05, 0.1) is 29.9 Å². The Labute approximate surface area is 116 Å². The van der Waals surface area contributed by atoms with Gasteiger partial charge in [-0.25, -0.2) is 4.98 Å². The zero-order chi connectivity index (χ0) is 13.7. The van der Waals surface area contributed by atoms with Crippen LogP contribution in [-0.4, -0.2) is 27.3 Å². The van der Waals surface area contributed by atoms with E-state index in [0.29, 0.717) is 26.0 Å². The molecule has 0 aliphatic heterocycles. The van der Waals surface area contributed by atoms with Crippen LogP contribution in [-0.2, 0) is 22.5 Å². The van der Waals surface area contributed by atoms with Gasteiger partial charge < -0.3 is 4.74 Å². The molecule has 0 amide bonds. The van der Waals surface area contributed by atoms with E-state index in [2.05, 4.69) is 10.1 Å². The number of esters is 1. The lowest BCUT2D eigenvalue weighted by Gasteiger charge is -2.06. The molecule has 2 rings (SSSR count). The minimum atomic E-state index is -0.186. The predicted molar refractivity (Wildman–Crippen MR) is 73.1 cm³/mol. The van der Waals surface area contributed by atoms with Crippen LogP contribution in [0.1, 0.15) is 23.5 Å². The summed E-state index contributed by atoms with van der Waals surface area (Å²) in [5, 5.41) is 6.26. The standard InChI is InChI=1S/C13H17N3O2S/c1-10-7-11(2)16(15-10)5-6-18-13(17)4-3-12-8-19-9-14-12/h7-9H,3-6H2,1-2H3. The highest BCUT2D eigenvalue weighted by molar-refractivity contribution is 7.07. The Morgan fingerprint density at radius 1 is 1.47 bits per heavy atom. The minimum absolute atomic E-state index is 0.186. The van der Waals surface area contributed by atoms with E-state index in [1.807, 2.05) is 30.0 Å². The molecule has 2 aromatic heterocycles. The van der Waals surface area contributed by atoms with Gasteiger partial charge in [-0.05, 0) is 19.9 Å². The van der Waals surface area contributed by atoms with Gasteiger partial charge in [-0.1, -0.05) is 0 Å². The maximum absolute atomic E-state index is 11.5. The number of nitrogens with zero attached hydrogens (tertiary/aromatic N) is 3. The third-order valence-corrected chi connectivity index (χ3v) is 3.37. The van der Waals surface area contributed by atoms with E-state index in [9.17, 15) is 4.79 Å². The van der Waals surface area contributed by atoms with Crippen molar-refractivity contribution in [2.45, 2.75) is 33.2 Å². The summed E-state index contributed by atoms with van der Waals surface area (Å²) in [5.74, 6) is -0.186. The molecule has 0 saturated heterocycles. The van der Waals surface area contributed by atoms with Crippen LogP contribution in [0.15, 0.2) is 17.0 Å². The van der Waals surface area contributed by atoms with E-state index < -0.39 is 0 Å². The molecule has 0 aliphatic rings. The van der Waals surface area contributed by atoms with Gasteiger partial charge >= 0.3 is 5.97 Å². The third kappa shape index (κ3) is 4.17.